The Bertz CT molecular complexity index is 1320. The predicted octanol–water partition coefficient (Wildman–Crippen LogP) is 4.94. The fourth-order valence-electron chi connectivity index (χ4n) is 5.61. The summed E-state index contributed by atoms with van der Waals surface area (Å²) in [6.07, 6.45) is 4.49. The van der Waals surface area contributed by atoms with Crippen molar-refractivity contribution < 1.29 is 9.18 Å². The van der Waals surface area contributed by atoms with Gasteiger partial charge in [-0.1, -0.05) is 36.4 Å². The van der Waals surface area contributed by atoms with Crippen LogP contribution in [0.5, 0.6) is 0 Å². The standard InChI is InChI=1S/C29H34FN5O/c1-20-24(19-34(3)32-20)18-33(2)28(17-22-8-4-6-10-25(22)30)21-12-14-35(15-13-21)29(36)27-16-23-9-5-7-11-26(23)31-27/h4-11,16,19,21,28,31H,12-15,17-18H2,1-3H3. The van der Waals surface area contributed by atoms with Gasteiger partial charge in [0.15, 0.2) is 0 Å². The van der Waals surface area contributed by atoms with Gasteiger partial charge in [0.2, 0.25) is 0 Å². The number of para-hydroxylation sites is 1. The molecule has 2 aromatic carbocycles. The number of H-pyrrole nitrogens is 1. The molecule has 5 rings (SSSR count). The van der Waals surface area contributed by atoms with Crippen molar-refractivity contribution in [1.82, 2.24) is 24.6 Å². The summed E-state index contributed by atoms with van der Waals surface area (Å²) in [5.41, 5.74) is 4.57. The van der Waals surface area contributed by atoms with Crippen LogP contribution >= 0.6 is 0 Å². The molecule has 1 saturated heterocycles. The van der Waals surface area contributed by atoms with Gasteiger partial charge < -0.3 is 9.88 Å². The first-order chi connectivity index (χ1) is 17.4. The second kappa shape index (κ2) is 10.3. The first kappa shape index (κ1) is 24.3. The zero-order chi connectivity index (χ0) is 25.2. The number of rotatable bonds is 7. The van der Waals surface area contributed by atoms with E-state index >= 15 is 0 Å². The van der Waals surface area contributed by atoms with Crippen LogP contribution in [0, 0.1) is 18.7 Å². The highest BCUT2D eigenvalue weighted by Crippen LogP contribution is 2.29. The van der Waals surface area contributed by atoms with Crippen LogP contribution in [0.25, 0.3) is 10.9 Å². The average Bonchev–Trinajstić information content (AvgIpc) is 3.45. The number of piperidine rings is 1. The van der Waals surface area contributed by atoms with Crippen molar-refractivity contribution in [3.63, 3.8) is 0 Å². The topological polar surface area (TPSA) is 57.2 Å². The van der Waals surface area contributed by atoms with E-state index in [9.17, 15) is 9.18 Å². The van der Waals surface area contributed by atoms with E-state index in [-0.39, 0.29) is 17.8 Å². The normalized spacial score (nSPS) is 15.6. The molecular formula is C29H34FN5O. The molecule has 0 radical (unpaired) electrons. The van der Waals surface area contributed by atoms with Crippen molar-refractivity contribution >= 4 is 16.8 Å². The Labute approximate surface area is 211 Å². The van der Waals surface area contributed by atoms with Crippen LogP contribution in [-0.4, -0.2) is 56.7 Å². The quantitative estimate of drug-likeness (QED) is 0.402. The minimum atomic E-state index is -0.153. The number of amides is 1. The monoisotopic (exact) mass is 487 g/mol. The van der Waals surface area contributed by atoms with Crippen molar-refractivity contribution in [1.29, 1.82) is 0 Å². The van der Waals surface area contributed by atoms with E-state index in [2.05, 4.69) is 28.2 Å². The van der Waals surface area contributed by atoms with Crippen molar-refractivity contribution in [2.24, 2.45) is 13.0 Å². The number of likely N-dealkylation sites (N-methyl/N-ethyl adjacent to an activating group) is 1. The lowest BCUT2D eigenvalue weighted by atomic mass is 9.84. The van der Waals surface area contributed by atoms with Gasteiger partial charge in [0.1, 0.15) is 11.5 Å². The first-order valence-electron chi connectivity index (χ1n) is 12.7. The third-order valence-corrected chi connectivity index (χ3v) is 7.62. The van der Waals surface area contributed by atoms with E-state index in [1.165, 1.54) is 5.56 Å². The fourth-order valence-corrected chi connectivity index (χ4v) is 5.61. The van der Waals surface area contributed by atoms with E-state index in [1.54, 1.807) is 12.1 Å². The lowest BCUT2D eigenvalue weighted by Gasteiger charge is -2.40. The first-order valence-corrected chi connectivity index (χ1v) is 12.7. The molecule has 0 spiro atoms. The van der Waals surface area contributed by atoms with Crippen LogP contribution in [0.15, 0.2) is 60.8 Å². The molecule has 1 aliphatic heterocycles. The van der Waals surface area contributed by atoms with Crippen LogP contribution in [0.4, 0.5) is 4.39 Å². The number of aryl methyl sites for hydroxylation is 2. The van der Waals surface area contributed by atoms with Gasteiger partial charge in [0.05, 0.1) is 5.69 Å². The van der Waals surface area contributed by atoms with E-state index in [1.807, 2.05) is 66.0 Å². The van der Waals surface area contributed by atoms with Crippen LogP contribution in [0.1, 0.15) is 40.2 Å². The third kappa shape index (κ3) is 5.07. The molecular weight excluding hydrogens is 453 g/mol. The second-order valence-electron chi connectivity index (χ2n) is 10.1. The van der Waals surface area contributed by atoms with Crippen molar-refractivity contribution in [3.8, 4) is 0 Å². The number of nitrogens with zero attached hydrogens (tertiary/aromatic N) is 4. The molecule has 0 bridgehead atoms. The highest BCUT2D eigenvalue weighted by atomic mass is 19.1. The molecule has 1 unspecified atom stereocenters. The summed E-state index contributed by atoms with van der Waals surface area (Å²) >= 11 is 0. The van der Waals surface area contributed by atoms with Gasteiger partial charge in [-0.3, -0.25) is 14.4 Å². The summed E-state index contributed by atoms with van der Waals surface area (Å²) in [7, 11) is 4.06. The maximum Gasteiger partial charge on any atom is 0.270 e. The number of aromatic nitrogens is 3. The summed E-state index contributed by atoms with van der Waals surface area (Å²) in [4.78, 5) is 20.8. The number of hydrogen-bond acceptors (Lipinski definition) is 3. The number of nitrogens with one attached hydrogen (secondary N) is 1. The van der Waals surface area contributed by atoms with E-state index in [0.717, 1.165) is 41.5 Å². The smallest absolute Gasteiger partial charge is 0.270 e. The molecule has 7 heteroatoms. The van der Waals surface area contributed by atoms with Crippen LogP contribution in [0.2, 0.25) is 0 Å². The highest BCUT2D eigenvalue weighted by molar-refractivity contribution is 5.98. The largest absolute Gasteiger partial charge is 0.351 e. The summed E-state index contributed by atoms with van der Waals surface area (Å²) < 4.78 is 16.5. The predicted molar refractivity (Wildman–Crippen MR) is 140 cm³/mol. The van der Waals surface area contributed by atoms with Gasteiger partial charge >= 0.3 is 0 Å². The summed E-state index contributed by atoms with van der Waals surface area (Å²) in [6.45, 7) is 4.19. The molecule has 1 atom stereocenters. The molecule has 36 heavy (non-hydrogen) atoms. The van der Waals surface area contributed by atoms with Gasteiger partial charge in [-0.05, 0) is 62.9 Å². The van der Waals surface area contributed by atoms with E-state index in [4.69, 9.17) is 0 Å². The second-order valence-corrected chi connectivity index (χ2v) is 10.1. The number of likely N-dealkylation sites (tertiary alicyclic amines) is 1. The molecule has 1 N–H and O–H groups in total. The van der Waals surface area contributed by atoms with Crippen molar-refractivity contribution in [3.05, 3.63) is 89.1 Å². The molecule has 1 fully saturated rings. The Morgan fingerprint density at radius 3 is 2.56 bits per heavy atom. The summed E-state index contributed by atoms with van der Waals surface area (Å²) in [5, 5.41) is 5.54. The minimum Gasteiger partial charge on any atom is -0.351 e. The maximum atomic E-state index is 14.6. The maximum absolute atomic E-state index is 14.6. The van der Waals surface area contributed by atoms with E-state index in [0.29, 0.717) is 31.1 Å². The number of hydrogen-bond donors (Lipinski definition) is 1. The van der Waals surface area contributed by atoms with Crippen molar-refractivity contribution in [2.45, 2.75) is 38.8 Å². The summed E-state index contributed by atoms with van der Waals surface area (Å²) in [6, 6.07) is 17.1. The number of fused-ring (bicyclic) bond motifs is 1. The molecule has 6 nitrogen and oxygen atoms in total. The third-order valence-electron chi connectivity index (χ3n) is 7.62. The molecule has 3 heterocycles. The fraction of sp³-hybridized carbons (Fsp3) is 0.379. The Morgan fingerprint density at radius 1 is 1.14 bits per heavy atom. The lowest BCUT2D eigenvalue weighted by Crippen LogP contribution is -2.46. The molecule has 2 aromatic heterocycles. The Hall–Kier alpha value is -3.45. The van der Waals surface area contributed by atoms with Gasteiger partial charge in [-0.2, -0.15) is 5.10 Å². The van der Waals surface area contributed by atoms with E-state index < -0.39 is 0 Å². The number of benzene rings is 2. The highest BCUT2D eigenvalue weighted by Gasteiger charge is 2.32. The number of aromatic amines is 1. The van der Waals surface area contributed by atoms with Gasteiger partial charge in [-0.15, -0.1) is 0 Å². The minimum absolute atomic E-state index is 0.0506. The van der Waals surface area contributed by atoms with Crippen LogP contribution < -0.4 is 0 Å². The number of halogens is 1. The molecule has 1 amide bonds. The SMILES string of the molecule is Cc1nn(C)cc1CN(C)C(Cc1ccccc1F)C1CCN(C(=O)c2cc3ccccc3[nH]2)CC1. The zero-order valence-electron chi connectivity index (χ0n) is 21.2. The summed E-state index contributed by atoms with van der Waals surface area (Å²) in [5.74, 6) is 0.257. The number of carbonyl (C=O) groups excluding carboxylic acids is 1. The molecule has 0 aliphatic carbocycles. The molecule has 4 aromatic rings. The zero-order valence-corrected chi connectivity index (χ0v) is 21.2. The van der Waals surface area contributed by atoms with Gasteiger partial charge in [-0.25, -0.2) is 4.39 Å². The molecule has 1 aliphatic rings. The molecule has 188 valence electrons. The van der Waals surface area contributed by atoms with Crippen molar-refractivity contribution in [2.75, 3.05) is 20.1 Å². The number of carbonyl (C=O) groups is 1. The Balaban J connectivity index is 1.31. The Kier molecular flexibility index (Phi) is 6.92. The lowest BCUT2D eigenvalue weighted by molar-refractivity contribution is 0.0597. The average molecular weight is 488 g/mol. The van der Waals surface area contributed by atoms with Gasteiger partial charge in [0, 0.05) is 55.4 Å². The van der Waals surface area contributed by atoms with Crippen LogP contribution in [0.3, 0.4) is 0 Å². The van der Waals surface area contributed by atoms with Gasteiger partial charge in [0.25, 0.3) is 5.91 Å². The Morgan fingerprint density at radius 2 is 1.86 bits per heavy atom. The van der Waals surface area contributed by atoms with Crippen LogP contribution in [-0.2, 0) is 20.0 Å². The molecule has 0 saturated carbocycles.